The fraction of sp³-hybridized carbons (Fsp3) is 0.625. The Labute approximate surface area is 111 Å². The van der Waals surface area contributed by atoms with Gasteiger partial charge in [-0.25, -0.2) is 0 Å². The Bertz CT molecular complexity index is 341. The molecule has 0 bridgehead atoms. The lowest BCUT2D eigenvalue weighted by atomic mass is 9.93. The van der Waals surface area contributed by atoms with Crippen LogP contribution in [0.3, 0.4) is 0 Å². The Morgan fingerprint density at radius 3 is 2.61 bits per heavy atom. The molecule has 2 unspecified atom stereocenters. The van der Waals surface area contributed by atoms with Gasteiger partial charge in [0.2, 0.25) is 0 Å². The van der Waals surface area contributed by atoms with Gasteiger partial charge in [-0.1, -0.05) is 38.1 Å². The highest BCUT2D eigenvalue weighted by molar-refractivity contribution is 5.25. The van der Waals surface area contributed by atoms with E-state index >= 15 is 0 Å². The van der Waals surface area contributed by atoms with Gasteiger partial charge in [0, 0.05) is 19.3 Å². The van der Waals surface area contributed by atoms with Crippen LogP contribution in [0.25, 0.3) is 0 Å². The van der Waals surface area contributed by atoms with Crippen LogP contribution in [0, 0.1) is 5.92 Å². The Morgan fingerprint density at radius 2 is 2.06 bits per heavy atom. The number of hydrogen-bond donors (Lipinski definition) is 1. The summed E-state index contributed by atoms with van der Waals surface area (Å²) in [4.78, 5) is 0. The van der Waals surface area contributed by atoms with Crippen LogP contribution in [0.5, 0.6) is 0 Å². The molecule has 0 saturated carbocycles. The number of ether oxygens (including phenoxy) is 1. The van der Waals surface area contributed by atoms with Gasteiger partial charge in [-0.3, -0.25) is 0 Å². The standard InChI is InChI=1S/C16H25NO/c1-3-13-5-7-15(8-6-13)16(17-4-2)11-14-9-10-18-12-14/h5-8,14,16-17H,3-4,9-12H2,1-2H3. The molecule has 1 aromatic rings. The minimum Gasteiger partial charge on any atom is -0.381 e. The SMILES string of the molecule is CCNC(CC1CCOC1)c1ccc(CC)cc1. The molecular formula is C16H25NO. The van der Waals surface area contributed by atoms with Crippen molar-refractivity contribution in [2.24, 2.45) is 5.92 Å². The first-order chi connectivity index (χ1) is 8.83. The van der Waals surface area contributed by atoms with Crippen LogP contribution < -0.4 is 5.32 Å². The van der Waals surface area contributed by atoms with E-state index in [1.165, 1.54) is 24.0 Å². The monoisotopic (exact) mass is 247 g/mol. The third kappa shape index (κ3) is 3.56. The fourth-order valence-electron chi connectivity index (χ4n) is 2.67. The Balaban J connectivity index is 2.02. The van der Waals surface area contributed by atoms with Crippen LogP contribution in [0.1, 0.15) is 43.9 Å². The lowest BCUT2D eigenvalue weighted by molar-refractivity contribution is 0.181. The number of hydrogen-bond acceptors (Lipinski definition) is 2. The van der Waals surface area contributed by atoms with Crippen LogP contribution in [0.4, 0.5) is 0 Å². The van der Waals surface area contributed by atoms with Gasteiger partial charge in [0.25, 0.3) is 0 Å². The predicted octanol–water partition coefficient (Wildman–Crippen LogP) is 3.33. The van der Waals surface area contributed by atoms with E-state index in [0.717, 1.165) is 32.1 Å². The van der Waals surface area contributed by atoms with E-state index in [9.17, 15) is 0 Å². The number of benzene rings is 1. The molecule has 2 nitrogen and oxygen atoms in total. The van der Waals surface area contributed by atoms with Crippen molar-refractivity contribution < 1.29 is 4.74 Å². The minimum absolute atomic E-state index is 0.479. The molecule has 0 aromatic heterocycles. The maximum atomic E-state index is 5.48. The lowest BCUT2D eigenvalue weighted by Crippen LogP contribution is -2.23. The highest BCUT2D eigenvalue weighted by Gasteiger charge is 2.21. The van der Waals surface area contributed by atoms with E-state index in [1.54, 1.807) is 0 Å². The Kier molecular flexibility index (Phi) is 5.21. The molecule has 1 aromatic carbocycles. The summed E-state index contributed by atoms with van der Waals surface area (Å²) in [5, 5.41) is 3.61. The van der Waals surface area contributed by atoms with Crippen LogP contribution >= 0.6 is 0 Å². The van der Waals surface area contributed by atoms with Gasteiger partial charge in [0.05, 0.1) is 0 Å². The molecule has 2 rings (SSSR count). The topological polar surface area (TPSA) is 21.3 Å². The van der Waals surface area contributed by atoms with E-state index in [2.05, 4.69) is 43.4 Å². The maximum Gasteiger partial charge on any atom is 0.0495 e. The van der Waals surface area contributed by atoms with Crippen molar-refractivity contribution in [1.29, 1.82) is 0 Å². The summed E-state index contributed by atoms with van der Waals surface area (Å²) < 4.78 is 5.48. The van der Waals surface area contributed by atoms with Crippen molar-refractivity contribution in [3.05, 3.63) is 35.4 Å². The molecule has 100 valence electrons. The molecule has 0 aliphatic carbocycles. The first-order valence-corrected chi connectivity index (χ1v) is 7.23. The zero-order valence-corrected chi connectivity index (χ0v) is 11.6. The van der Waals surface area contributed by atoms with Crippen molar-refractivity contribution >= 4 is 0 Å². The Hall–Kier alpha value is -0.860. The molecular weight excluding hydrogens is 222 g/mol. The summed E-state index contributed by atoms with van der Waals surface area (Å²) in [5.41, 5.74) is 2.83. The van der Waals surface area contributed by atoms with Crippen molar-refractivity contribution in [3.8, 4) is 0 Å². The normalized spacial score (nSPS) is 21.1. The predicted molar refractivity (Wildman–Crippen MR) is 75.8 cm³/mol. The largest absolute Gasteiger partial charge is 0.381 e. The minimum atomic E-state index is 0.479. The average molecular weight is 247 g/mol. The van der Waals surface area contributed by atoms with Crippen LogP contribution in [0.15, 0.2) is 24.3 Å². The zero-order chi connectivity index (χ0) is 12.8. The quantitative estimate of drug-likeness (QED) is 0.832. The molecule has 0 spiro atoms. The third-order valence-electron chi connectivity index (χ3n) is 3.83. The van der Waals surface area contributed by atoms with Gasteiger partial charge >= 0.3 is 0 Å². The van der Waals surface area contributed by atoms with Gasteiger partial charge in [-0.05, 0) is 42.9 Å². The van der Waals surface area contributed by atoms with Crippen molar-refractivity contribution in [2.45, 2.75) is 39.2 Å². The van der Waals surface area contributed by atoms with Crippen molar-refractivity contribution in [1.82, 2.24) is 5.32 Å². The summed E-state index contributed by atoms with van der Waals surface area (Å²) in [6, 6.07) is 9.55. The van der Waals surface area contributed by atoms with E-state index in [4.69, 9.17) is 4.74 Å². The third-order valence-corrected chi connectivity index (χ3v) is 3.83. The molecule has 1 heterocycles. The molecule has 0 amide bonds. The van der Waals surface area contributed by atoms with E-state index < -0.39 is 0 Å². The van der Waals surface area contributed by atoms with Gasteiger partial charge < -0.3 is 10.1 Å². The summed E-state index contributed by atoms with van der Waals surface area (Å²) in [6.45, 7) is 7.28. The van der Waals surface area contributed by atoms with Crippen LogP contribution in [0.2, 0.25) is 0 Å². The summed E-state index contributed by atoms with van der Waals surface area (Å²) in [6.07, 6.45) is 3.52. The maximum absolute atomic E-state index is 5.48. The number of rotatable bonds is 6. The second-order valence-corrected chi connectivity index (χ2v) is 5.17. The molecule has 1 aliphatic heterocycles. The first-order valence-electron chi connectivity index (χ1n) is 7.23. The average Bonchev–Trinajstić information content (AvgIpc) is 2.91. The fourth-order valence-corrected chi connectivity index (χ4v) is 2.67. The molecule has 2 atom stereocenters. The summed E-state index contributed by atoms with van der Waals surface area (Å²) >= 11 is 0. The van der Waals surface area contributed by atoms with Gasteiger partial charge in [0.1, 0.15) is 0 Å². The van der Waals surface area contributed by atoms with Crippen molar-refractivity contribution in [2.75, 3.05) is 19.8 Å². The van der Waals surface area contributed by atoms with E-state index in [0.29, 0.717) is 6.04 Å². The molecule has 1 N–H and O–H groups in total. The van der Waals surface area contributed by atoms with Gasteiger partial charge in [-0.2, -0.15) is 0 Å². The molecule has 1 fully saturated rings. The molecule has 1 saturated heterocycles. The Morgan fingerprint density at radius 1 is 1.28 bits per heavy atom. The molecule has 2 heteroatoms. The van der Waals surface area contributed by atoms with Crippen LogP contribution in [-0.2, 0) is 11.2 Å². The second kappa shape index (κ2) is 6.91. The second-order valence-electron chi connectivity index (χ2n) is 5.17. The van der Waals surface area contributed by atoms with Crippen molar-refractivity contribution in [3.63, 3.8) is 0 Å². The van der Waals surface area contributed by atoms with E-state index in [-0.39, 0.29) is 0 Å². The molecule has 0 radical (unpaired) electrons. The molecule has 18 heavy (non-hydrogen) atoms. The summed E-state index contributed by atoms with van der Waals surface area (Å²) in [5.74, 6) is 0.722. The first kappa shape index (κ1) is 13.6. The highest BCUT2D eigenvalue weighted by Crippen LogP contribution is 2.26. The van der Waals surface area contributed by atoms with Gasteiger partial charge in [0.15, 0.2) is 0 Å². The van der Waals surface area contributed by atoms with Crippen LogP contribution in [-0.4, -0.2) is 19.8 Å². The van der Waals surface area contributed by atoms with Gasteiger partial charge in [-0.15, -0.1) is 0 Å². The summed E-state index contributed by atoms with van der Waals surface area (Å²) in [7, 11) is 0. The smallest absolute Gasteiger partial charge is 0.0495 e. The zero-order valence-electron chi connectivity index (χ0n) is 11.6. The molecule has 1 aliphatic rings. The van der Waals surface area contributed by atoms with E-state index in [1.807, 2.05) is 0 Å². The number of nitrogens with one attached hydrogen (secondary N) is 1. The lowest BCUT2D eigenvalue weighted by Gasteiger charge is -2.21. The highest BCUT2D eigenvalue weighted by atomic mass is 16.5. The number of aryl methyl sites for hydroxylation is 1.